The first kappa shape index (κ1) is 15.9. The third kappa shape index (κ3) is 2.93. The van der Waals surface area contributed by atoms with Gasteiger partial charge in [-0.25, -0.2) is 9.18 Å². The van der Waals surface area contributed by atoms with Crippen molar-refractivity contribution in [3.63, 3.8) is 0 Å². The standard InChI is InChI=1S/C17H18FNO3/c1-3-15-14(10-20)16(17(21)22)11(2)19(15)9-8-12-4-6-13(18)7-5-12/h4-7,10H,3,8-9H2,1-2H3,(H,21,22). The van der Waals surface area contributed by atoms with Crippen LogP contribution in [0.3, 0.4) is 0 Å². The summed E-state index contributed by atoms with van der Waals surface area (Å²) in [6, 6.07) is 6.22. The van der Waals surface area contributed by atoms with Gasteiger partial charge >= 0.3 is 5.97 Å². The molecule has 0 bridgehead atoms. The van der Waals surface area contributed by atoms with E-state index in [1.165, 1.54) is 12.1 Å². The Kier molecular flexibility index (Phi) is 4.75. The number of aromatic carboxylic acids is 1. The number of carbonyl (C=O) groups excluding carboxylic acids is 1. The summed E-state index contributed by atoms with van der Waals surface area (Å²) >= 11 is 0. The molecule has 0 radical (unpaired) electrons. The van der Waals surface area contributed by atoms with E-state index in [-0.39, 0.29) is 16.9 Å². The van der Waals surface area contributed by atoms with Gasteiger partial charge in [0.15, 0.2) is 6.29 Å². The molecule has 22 heavy (non-hydrogen) atoms. The largest absolute Gasteiger partial charge is 0.478 e. The number of halogens is 1. The molecular weight excluding hydrogens is 285 g/mol. The van der Waals surface area contributed by atoms with E-state index in [1.807, 2.05) is 11.5 Å². The number of aromatic nitrogens is 1. The molecule has 1 aromatic heterocycles. The molecule has 0 unspecified atom stereocenters. The van der Waals surface area contributed by atoms with E-state index in [0.717, 1.165) is 11.3 Å². The van der Waals surface area contributed by atoms with Gasteiger partial charge in [0.2, 0.25) is 0 Å². The fourth-order valence-electron chi connectivity index (χ4n) is 2.79. The Labute approximate surface area is 128 Å². The predicted molar refractivity (Wildman–Crippen MR) is 81.0 cm³/mol. The van der Waals surface area contributed by atoms with Crippen molar-refractivity contribution in [2.75, 3.05) is 0 Å². The molecule has 0 amide bonds. The van der Waals surface area contributed by atoms with Crippen LogP contribution in [-0.2, 0) is 19.4 Å². The summed E-state index contributed by atoms with van der Waals surface area (Å²) in [7, 11) is 0. The molecule has 1 heterocycles. The lowest BCUT2D eigenvalue weighted by molar-refractivity contribution is 0.0693. The number of nitrogens with zero attached hydrogens (tertiary/aromatic N) is 1. The zero-order chi connectivity index (χ0) is 16.3. The number of hydrogen-bond acceptors (Lipinski definition) is 2. The lowest BCUT2D eigenvalue weighted by Gasteiger charge is -2.11. The maximum atomic E-state index is 12.9. The van der Waals surface area contributed by atoms with Crippen molar-refractivity contribution >= 4 is 12.3 Å². The Hall–Kier alpha value is -2.43. The van der Waals surface area contributed by atoms with Crippen LogP contribution in [0, 0.1) is 12.7 Å². The highest BCUT2D eigenvalue weighted by molar-refractivity contribution is 5.99. The summed E-state index contributed by atoms with van der Waals surface area (Å²) in [4.78, 5) is 22.7. The molecule has 1 aromatic carbocycles. The van der Waals surface area contributed by atoms with Crippen LogP contribution in [-0.4, -0.2) is 21.9 Å². The van der Waals surface area contributed by atoms with Gasteiger partial charge in [-0.2, -0.15) is 0 Å². The topological polar surface area (TPSA) is 59.3 Å². The second-order valence-corrected chi connectivity index (χ2v) is 5.13. The maximum Gasteiger partial charge on any atom is 0.338 e. The van der Waals surface area contributed by atoms with Gasteiger partial charge in [-0.05, 0) is 37.5 Å². The summed E-state index contributed by atoms with van der Waals surface area (Å²) in [6.07, 6.45) is 1.83. The summed E-state index contributed by atoms with van der Waals surface area (Å²) in [5.74, 6) is -1.37. The second-order valence-electron chi connectivity index (χ2n) is 5.13. The van der Waals surface area contributed by atoms with Crippen LogP contribution in [0.1, 0.15) is 44.6 Å². The lowest BCUT2D eigenvalue weighted by Crippen LogP contribution is -2.08. The molecule has 0 atom stereocenters. The smallest absolute Gasteiger partial charge is 0.338 e. The first-order chi connectivity index (χ1) is 10.5. The number of carboxylic acids is 1. The first-order valence-electron chi connectivity index (χ1n) is 7.14. The Morgan fingerprint density at radius 3 is 2.45 bits per heavy atom. The summed E-state index contributed by atoms with van der Waals surface area (Å²) in [5, 5.41) is 9.31. The average Bonchev–Trinajstić information content (AvgIpc) is 2.78. The van der Waals surface area contributed by atoms with E-state index in [4.69, 9.17) is 0 Å². The Morgan fingerprint density at radius 1 is 1.32 bits per heavy atom. The fourth-order valence-corrected chi connectivity index (χ4v) is 2.79. The van der Waals surface area contributed by atoms with Crippen molar-refractivity contribution in [1.29, 1.82) is 0 Å². The van der Waals surface area contributed by atoms with Gasteiger partial charge in [-0.1, -0.05) is 19.1 Å². The highest BCUT2D eigenvalue weighted by Crippen LogP contribution is 2.23. The first-order valence-corrected chi connectivity index (χ1v) is 7.14. The molecule has 0 aliphatic rings. The number of benzene rings is 1. The van der Waals surface area contributed by atoms with Crippen molar-refractivity contribution in [3.8, 4) is 0 Å². The average molecular weight is 303 g/mol. The zero-order valence-electron chi connectivity index (χ0n) is 12.6. The van der Waals surface area contributed by atoms with Crippen molar-refractivity contribution in [2.24, 2.45) is 0 Å². The minimum Gasteiger partial charge on any atom is -0.478 e. The van der Waals surface area contributed by atoms with Gasteiger partial charge in [-0.15, -0.1) is 0 Å². The molecule has 0 spiro atoms. The highest BCUT2D eigenvalue weighted by atomic mass is 19.1. The molecule has 5 heteroatoms. The van der Waals surface area contributed by atoms with Crippen LogP contribution in [0.4, 0.5) is 4.39 Å². The van der Waals surface area contributed by atoms with Crippen molar-refractivity contribution in [3.05, 3.63) is 58.2 Å². The maximum absolute atomic E-state index is 12.9. The molecule has 0 aliphatic heterocycles. The van der Waals surface area contributed by atoms with Crippen molar-refractivity contribution in [2.45, 2.75) is 33.2 Å². The fraction of sp³-hybridized carbons (Fsp3) is 0.294. The van der Waals surface area contributed by atoms with E-state index >= 15 is 0 Å². The van der Waals surface area contributed by atoms with Gasteiger partial charge in [0.1, 0.15) is 5.82 Å². The van der Waals surface area contributed by atoms with E-state index in [2.05, 4.69) is 0 Å². The summed E-state index contributed by atoms with van der Waals surface area (Å²) in [5.41, 5.74) is 2.60. The lowest BCUT2D eigenvalue weighted by atomic mass is 10.1. The van der Waals surface area contributed by atoms with Gasteiger partial charge in [0, 0.05) is 17.9 Å². The van der Waals surface area contributed by atoms with E-state index in [1.54, 1.807) is 19.1 Å². The van der Waals surface area contributed by atoms with Gasteiger partial charge < -0.3 is 9.67 Å². The molecule has 0 aliphatic carbocycles. The molecule has 0 fully saturated rings. The molecule has 2 aromatic rings. The molecule has 116 valence electrons. The van der Waals surface area contributed by atoms with Crippen molar-refractivity contribution in [1.82, 2.24) is 4.57 Å². The number of carbonyl (C=O) groups is 2. The van der Waals surface area contributed by atoms with Crippen LogP contribution < -0.4 is 0 Å². The van der Waals surface area contributed by atoms with E-state index < -0.39 is 5.97 Å². The Bertz CT molecular complexity index is 702. The highest BCUT2D eigenvalue weighted by Gasteiger charge is 2.23. The Balaban J connectivity index is 2.36. The quantitative estimate of drug-likeness (QED) is 0.833. The molecular formula is C17H18FNO3. The zero-order valence-corrected chi connectivity index (χ0v) is 12.6. The number of aldehydes is 1. The SMILES string of the molecule is CCc1c(C=O)c(C(=O)O)c(C)n1CCc1ccc(F)cc1. The third-order valence-electron chi connectivity index (χ3n) is 3.88. The number of aryl methyl sites for hydroxylation is 1. The monoisotopic (exact) mass is 303 g/mol. The van der Waals surface area contributed by atoms with Crippen LogP contribution in [0.15, 0.2) is 24.3 Å². The number of carboxylic acid groups (broad SMARTS) is 1. The minimum atomic E-state index is -1.09. The summed E-state index contributed by atoms with van der Waals surface area (Å²) in [6.45, 7) is 4.15. The van der Waals surface area contributed by atoms with E-state index in [9.17, 15) is 19.1 Å². The van der Waals surface area contributed by atoms with Gasteiger partial charge in [0.05, 0.1) is 11.1 Å². The minimum absolute atomic E-state index is 0.0750. The second kappa shape index (κ2) is 6.56. The van der Waals surface area contributed by atoms with Crippen LogP contribution in [0.5, 0.6) is 0 Å². The van der Waals surface area contributed by atoms with Crippen LogP contribution in [0.25, 0.3) is 0 Å². The predicted octanol–water partition coefficient (Wildman–Crippen LogP) is 3.25. The van der Waals surface area contributed by atoms with Gasteiger partial charge in [0.25, 0.3) is 0 Å². The third-order valence-corrected chi connectivity index (χ3v) is 3.88. The van der Waals surface area contributed by atoms with Crippen LogP contribution in [0.2, 0.25) is 0 Å². The number of rotatable bonds is 6. The van der Waals surface area contributed by atoms with Crippen molar-refractivity contribution < 1.29 is 19.1 Å². The normalized spacial score (nSPS) is 10.7. The molecule has 0 saturated carbocycles. The molecule has 2 rings (SSSR count). The molecule has 1 N–H and O–H groups in total. The number of hydrogen-bond donors (Lipinski definition) is 1. The van der Waals surface area contributed by atoms with E-state index in [0.29, 0.717) is 31.4 Å². The summed E-state index contributed by atoms with van der Waals surface area (Å²) < 4.78 is 14.8. The molecule has 0 saturated heterocycles. The molecule has 4 nitrogen and oxygen atoms in total. The van der Waals surface area contributed by atoms with Gasteiger partial charge in [-0.3, -0.25) is 4.79 Å². The Morgan fingerprint density at radius 2 is 1.95 bits per heavy atom. The van der Waals surface area contributed by atoms with Crippen LogP contribution >= 0.6 is 0 Å².